The standard InChI is InChI=1S/C24H28N4O4/c1-31-18-12-5-3-8-14(18)20-16-10-7-11-17-21(15-9-4-6-13-19(15)32-2)26-23(30)28-24(16,17)27-22(29)25-20/h3-6,8-9,12-13,16-17,20-21H,7,10-11H2,1-2H3,(H2,25,27,29)(H2,26,28,30). The summed E-state index contributed by atoms with van der Waals surface area (Å²) in [5, 5.41) is 12.5. The average Bonchev–Trinajstić information content (AvgIpc) is 2.81. The van der Waals surface area contributed by atoms with E-state index < -0.39 is 5.66 Å². The molecule has 0 bridgehead atoms. The van der Waals surface area contributed by atoms with Crippen LogP contribution >= 0.6 is 0 Å². The van der Waals surface area contributed by atoms with Crippen molar-refractivity contribution in [1.82, 2.24) is 21.3 Å². The highest BCUT2D eigenvalue weighted by Crippen LogP contribution is 2.52. The predicted octanol–water partition coefficient (Wildman–Crippen LogP) is 3.22. The summed E-state index contributed by atoms with van der Waals surface area (Å²) >= 11 is 0. The molecule has 0 radical (unpaired) electrons. The number of benzene rings is 2. The molecule has 2 aromatic rings. The summed E-state index contributed by atoms with van der Waals surface area (Å²) < 4.78 is 11.2. The number of hydrogen-bond acceptors (Lipinski definition) is 4. The van der Waals surface area contributed by atoms with Crippen LogP contribution in [0.25, 0.3) is 0 Å². The van der Waals surface area contributed by atoms with Crippen LogP contribution < -0.4 is 30.7 Å². The summed E-state index contributed by atoms with van der Waals surface area (Å²) in [5.74, 6) is 1.33. The molecule has 4 N–H and O–H groups in total. The van der Waals surface area contributed by atoms with Gasteiger partial charge in [-0.05, 0) is 25.0 Å². The summed E-state index contributed by atoms with van der Waals surface area (Å²) in [7, 11) is 3.26. The van der Waals surface area contributed by atoms with E-state index >= 15 is 0 Å². The lowest BCUT2D eigenvalue weighted by Gasteiger charge is -2.59. The van der Waals surface area contributed by atoms with Crippen molar-refractivity contribution in [3.05, 3.63) is 59.7 Å². The first kappa shape index (κ1) is 20.5. The fourth-order valence-electron chi connectivity index (χ4n) is 5.92. The van der Waals surface area contributed by atoms with Crippen LogP contribution in [0.15, 0.2) is 48.5 Å². The molecule has 2 aromatic carbocycles. The predicted molar refractivity (Wildman–Crippen MR) is 118 cm³/mol. The topological polar surface area (TPSA) is 101 Å². The second kappa shape index (κ2) is 7.93. The van der Waals surface area contributed by atoms with Crippen LogP contribution in [0.1, 0.15) is 42.5 Å². The Hall–Kier alpha value is -3.42. The summed E-state index contributed by atoms with van der Waals surface area (Å²) in [4.78, 5) is 25.9. The molecule has 168 valence electrons. The van der Waals surface area contributed by atoms with E-state index in [0.29, 0.717) is 0 Å². The first-order valence-corrected chi connectivity index (χ1v) is 11.0. The largest absolute Gasteiger partial charge is 0.496 e. The van der Waals surface area contributed by atoms with E-state index in [4.69, 9.17) is 9.47 Å². The van der Waals surface area contributed by atoms with E-state index in [-0.39, 0.29) is 36.0 Å². The highest BCUT2D eigenvalue weighted by Gasteiger charge is 2.60. The Bertz CT molecular complexity index is 961. The van der Waals surface area contributed by atoms with Crippen LogP contribution in [-0.2, 0) is 0 Å². The summed E-state index contributed by atoms with van der Waals surface area (Å²) in [6.07, 6.45) is 2.68. The van der Waals surface area contributed by atoms with Gasteiger partial charge in [0.15, 0.2) is 0 Å². The van der Waals surface area contributed by atoms with Crippen molar-refractivity contribution in [3.8, 4) is 11.5 Å². The molecule has 4 unspecified atom stereocenters. The zero-order chi connectivity index (χ0) is 22.3. The molecule has 4 amide bonds. The molecular weight excluding hydrogens is 408 g/mol. The van der Waals surface area contributed by atoms with Crippen LogP contribution in [0.3, 0.4) is 0 Å². The Morgan fingerprint density at radius 3 is 1.62 bits per heavy atom. The Morgan fingerprint density at radius 2 is 1.19 bits per heavy atom. The SMILES string of the molecule is COc1ccccc1C1NC(=O)NC23NC(=O)NC(c4ccccc4OC)C2CCCC13. The molecule has 4 atom stereocenters. The maximum atomic E-state index is 13.0. The van der Waals surface area contributed by atoms with Crippen LogP contribution in [0.4, 0.5) is 9.59 Å². The van der Waals surface area contributed by atoms with Gasteiger partial charge in [0.2, 0.25) is 0 Å². The number of carbonyl (C=O) groups excluding carboxylic acids is 2. The lowest BCUT2D eigenvalue weighted by atomic mass is 9.62. The van der Waals surface area contributed by atoms with Gasteiger partial charge in [-0.3, -0.25) is 0 Å². The van der Waals surface area contributed by atoms with Crippen molar-refractivity contribution in [2.24, 2.45) is 11.8 Å². The van der Waals surface area contributed by atoms with Crippen molar-refractivity contribution in [1.29, 1.82) is 0 Å². The molecule has 2 aliphatic heterocycles. The van der Waals surface area contributed by atoms with Gasteiger partial charge in [0, 0.05) is 23.0 Å². The molecule has 2 saturated heterocycles. The molecule has 0 aromatic heterocycles. The number of hydrogen-bond donors (Lipinski definition) is 4. The second-order valence-corrected chi connectivity index (χ2v) is 8.65. The number of methoxy groups -OCH3 is 2. The molecular formula is C24H28N4O4. The molecule has 8 nitrogen and oxygen atoms in total. The van der Waals surface area contributed by atoms with Crippen molar-refractivity contribution in [3.63, 3.8) is 0 Å². The molecule has 32 heavy (non-hydrogen) atoms. The fraction of sp³-hybridized carbons (Fsp3) is 0.417. The van der Waals surface area contributed by atoms with Crippen molar-refractivity contribution in [2.45, 2.75) is 37.0 Å². The van der Waals surface area contributed by atoms with Gasteiger partial charge in [0.25, 0.3) is 0 Å². The Labute approximate surface area is 187 Å². The van der Waals surface area contributed by atoms with Crippen molar-refractivity contribution < 1.29 is 19.1 Å². The Morgan fingerprint density at radius 1 is 0.750 bits per heavy atom. The van der Waals surface area contributed by atoms with E-state index in [1.54, 1.807) is 14.2 Å². The van der Waals surface area contributed by atoms with Gasteiger partial charge < -0.3 is 30.7 Å². The van der Waals surface area contributed by atoms with E-state index in [0.717, 1.165) is 41.9 Å². The molecule has 1 spiro atoms. The summed E-state index contributed by atoms with van der Waals surface area (Å²) in [6.45, 7) is 0. The number of para-hydroxylation sites is 2. The van der Waals surface area contributed by atoms with E-state index in [2.05, 4.69) is 21.3 Å². The molecule has 3 fully saturated rings. The second-order valence-electron chi connectivity index (χ2n) is 8.65. The number of rotatable bonds is 4. The number of carbonyl (C=O) groups is 2. The van der Waals surface area contributed by atoms with E-state index in [1.807, 2.05) is 48.5 Å². The van der Waals surface area contributed by atoms with Gasteiger partial charge in [0.05, 0.1) is 26.3 Å². The normalized spacial score (nSPS) is 31.1. The van der Waals surface area contributed by atoms with E-state index in [9.17, 15) is 9.59 Å². The fourth-order valence-corrected chi connectivity index (χ4v) is 5.92. The van der Waals surface area contributed by atoms with Crippen LogP contribution in [-0.4, -0.2) is 31.9 Å². The summed E-state index contributed by atoms with van der Waals surface area (Å²) in [6, 6.07) is 14.3. The van der Waals surface area contributed by atoms with Crippen molar-refractivity contribution in [2.75, 3.05) is 14.2 Å². The van der Waals surface area contributed by atoms with Gasteiger partial charge in [-0.2, -0.15) is 0 Å². The molecule has 2 heterocycles. The third-order valence-electron chi connectivity index (χ3n) is 7.17. The minimum atomic E-state index is -0.889. The van der Waals surface area contributed by atoms with Gasteiger partial charge in [0.1, 0.15) is 17.2 Å². The maximum absolute atomic E-state index is 13.0. The summed E-state index contributed by atoms with van der Waals surface area (Å²) in [5.41, 5.74) is 0.938. The lowest BCUT2D eigenvalue weighted by Crippen LogP contribution is -2.80. The van der Waals surface area contributed by atoms with Crippen LogP contribution in [0, 0.1) is 11.8 Å². The minimum Gasteiger partial charge on any atom is -0.496 e. The average molecular weight is 437 g/mol. The van der Waals surface area contributed by atoms with E-state index in [1.165, 1.54) is 0 Å². The van der Waals surface area contributed by atoms with Gasteiger partial charge in [-0.15, -0.1) is 0 Å². The highest BCUT2D eigenvalue weighted by molar-refractivity contribution is 5.82. The molecule has 1 aliphatic carbocycles. The zero-order valence-electron chi connectivity index (χ0n) is 18.2. The smallest absolute Gasteiger partial charge is 0.317 e. The Kier molecular flexibility index (Phi) is 5.07. The number of ether oxygens (including phenoxy) is 2. The quantitative estimate of drug-likeness (QED) is 0.591. The third kappa shape index (κ3) is 3.13. The monoisotopic (exact) mass is 436 g/mol. The number of nitrogens with one attached hydrogen (secondary N) is 4. The molecule has 8 heteroatoms. The maximum Gasteiger partial charge on any atom is 0.317 e. The third-order valence-corrected chi connectivity index (χ3v) is 7.17. The lowest BCUT2D eigenvalue weighted by molar-refractivity contribution is -0.0130. The molecule has 1 saturated carbocycles. The Balaban J connectivity index is 1.61. The highest BCUT2D eigenvalue weighted by atomic mass is 16.5. The number of amides is 4. The number of urea groups is 2. The molecule has 3 aliphatic rings. The first-order valence-electron chi connectivity index (χ1n) is 11.0. The first-order chi connectivity index (χ1) is 15.6. The van der Waals surface area contributed by atoms with Gasteiger partial charge in [-0.25, -0.2) is 9.59 Å². The zero-order valence-corrected chi connectivity index (χ0v) is 18.2. The van der Waals surface area contributed by atoms with Gasteiger partial charge in [-0.1, -0.05) is 42.8 Å². The minimum absolute atomic E-state index is 0.0569. The van der Waals surface area contributed by atoms with Crippen molar-refractivity contribution >= 4 is 12.1 Å². The van der Waals surface area contributed by atoms with Crippen LogP contribution in [0.2, 0.25) is 0 Å². The van der Waals surface area contributed by atoms with Gasteiger partial charge >= 0.3 is 12.1 Å². The molecule has 5 rings (SSSR count). The van der Waals surface area contributed by atoms with Crippen LogP contribution in [0.5, 0.6) is 11.5 Å².